The lowest BCUT2D eigenvalue weighted by Gasteiger charge is -2.25. The molecule has 0 aromatic heterocycles. The van der Waals surface area contributed by atoms with Gasteiger partial charge in [-0.05, 0) is 76.4 Å². The van der Waals surface area contributed by atoms with Crippen LogP contribution in [0.25, 0.3) is 0 Å². The van der Waals surface area contributed by atoms with Crippen LogP contribution in [0.4, 0.5) is 11.4 Å². The van der Waals surface area contributed by atoms with Crippen molar-refractivity contribution in [3.8, 4) is 0 Å². The molecule has 0 radical (unpaired) electrons. The van der Waals surface area contributed by atoms with E-state index >= 15 is 0 Å². The molecule has 1 N–H and O–H groups in total. The largest absolute Gasteiger partial charge is 0.377 e. The third-order valence-electron chi connectivity index (χ3n) is 4.90. The molecule has 0 fully saturated rings. The average Bonchev–Trinajstić information content (AvgIpc) is 2.78. The molecule has 0 bridgehead atoms. The third kappa shape index (κ3) is 6.16. The number of rotatable bonds is 8. The molecule has 178 valence electrons. The zero-order valence-corrected chi connectivity index (χ0v) is 22.0. The van der Waals surface area contributed by atoms with Crippen LogP contribution < -0.4 is 14.6 Å². The first kappa shape index (κ1) is 25.7. The van der Waals surface area contributed by atoms with Gasteiger partial charge in [0.05, 0.1) is 22.5 Å². The number of carbonyl (C=O) groups excluding carboxylic acids is 1. The summed E-state index contributed by atoms with van der Waals surface area (Å²) in [4.78, 5) is 14.8. The summed E-state index contributed by atoms with van der Waals surface area (Å²) in [6.45, 7) is 1.28. The highest BCUT2D eigenvalue weighted by Crippen LogP contribution is 2.29. The Morgan fingerprint density at radius 3 is 2.35 bits per heavy atom. The molecule has 10 heteroatoms. The molecule has 0 aliphatic rings. The number of hydrogen-bond acceptors (Lipinski definition) is 5. The summed E-state index contributed by atoms with van der Waals surface area (Å²) in [5.74, 6) is -0.589. The topological polar surface area (TPSA) is 82.1 Å². The monoisotopic (exact) mass is 562 g/mol. The van der Waals surface area contributed by atoms with E-state index in [0.717, 1.165) is 20.0 Å². The van der Waals surface area contributed by atoms with Gasteiger partial charge in [0.15, 0.2) is 0 Å². The number of hydrogen-bond donors (Lipinski definition) is 1. The van der Waals surface area contributed by atoms with E-state index in [0.29, 0.717) is 16.3 Å². The number of halogens is 2. The van der Waals surface area contributed by atoms with Crippen LogP contribution in [-0.4, -0.2) is 41.2 Å². The van der Waals surface area contributed by atoms with E-state index < -0.39 is 22.5 Å². The Kier molecular flexibility index (Phi) is 8.35. The van der Waals surface area contributed by atoms with Gasteiger partial charge in [0.25, 0.3) is 15.9 Å². The van der Waals surface area contributed by atoms with E-state index in [-0.39, 0.29) is 4.90 Å². The quantitative estimate of drug-likeness (QED) is 0.315. The SMILES string of the molecule is Cc1cc(Cl)ccc1N(CC(=O)N/N=C/c1ccc(N(C)C)c(Br)c1)S(=O)(=O)c1ccccc1. The molecule has 7 nitrogen and oxygen atoms in total. The predicted octanol–water partition coefficient (Wildman–Crippen LogP) is 4.82. The molecule has 0 unspecified atom stereocenters. The van der Waals surface area contributed by atoms with Crippen LogP contribution in [0, 0.1) is 6.92 Å². The van der Waals surface area contributed by atoms with E-state index in [1.807, 2.05) is 37.2 Å². The highest BCUT2D eigenvalue weighted by molar-refractivity contribution is 9.10. The number of carbonyl (C=O) groups is 1. The fourth-order valence-electron chi connectivity index (χ4n) is 3.23. The predicted molar refractivity (Wildman–Crippen MR) is 141 cm³/mol. The maximum Gasteiger partial charge on any atom is 0.264 e. The molecule has 0 heterocycles. The molecule has 34 heavy (non-hydrogen) atoms. The fraction of sp³-hybridized carbons (Fsp3) is 0.167. The van der Waals surface area contributed by atoms with Crippen LogP contribution in [-0.2, 0) is 14.8 Å². The lowest BCUT2D eigenvalue weighted by atomic mass is 10.2. The lowest BCUT2D eigenvalue weighted by molar-refractivity contribution is -0.119. The average molecular weight is 564 g/mol. The number of nitrogens with zero attached hydrogens (tertiary/aromatic N) is 3. The van der Waals surface area contributed by atoms with Gasteiger partial charge in [-0.3, -0.25) is 9.10 Å². The Balaban J connectivity index is 1.83. The number of nitrogens with one attached hydrogen (secondary N) is 1. The molecule has 0 spiro atoms. The number of amides is 1. The van der Waals surface area contributed by atoms with Crippen molar-refractivity contribution in [1.82, 2.24) is 5.43 Å². The van der Waals surface area contributed by atoms with E-state index in [1.165, 1.54) is 18.3 Å². The minimum absolute atomic E-state index is 0.0754. The van der Waals surface area contributed by atoms with Gasteiger partial charge >= 0.3 is 0 Å². The Bertz CT molecular complexity index is 1320. The zero-order valence-electron chi connectivity index (χ0n) is 18.9. The van der Waals surface area contributed by atoms with Crippen molar-refractivity contribution in [3.05, 3.63) is 87.4 Å². The highest BCUT2D eigenvalue weighted by Gasteiger charge is 2.28. The van der Waals surface area contributed by atoms with E-state index in [9.17, 15) is 13.2 Å². The van der Waals surface area contributed by atoms with Gasteiger partial charge in [-0.25, -0.2) is 13.8 Å². The maximum absolute atomic E-state index is 13.4. The number of hydrazone groups is 1. The van der Waals surface area contributed by atoms with Crippen molar-refractivity contribution >= 4 is 61.1 Å². The molecular formula is C24H24BrClN4O3S. The normalized spacial score (nSPS) is 11.4. The Morgan fingerprint density at radius 2 is 1.74 bits per heavy atom. The minimum atomic E-state index is -4.01. The summed E-state index contributed by atoms with van der Waals surface area (Å²) < 4.78 is 28.7. The van der Waals surface area contributed by atoms with Gasteiger partial charge in [-0.2, -0.15) is 5.10 Å². The maximum atomic E-state index is 13.4. The van der Waals surface area contributed by atoms with Crippen molar-refractivity contribution in [2.45, 2.75) is 11.8 Å². The molecule has 3 rings (SSSR count). The van der Waals surface area contributed by atoms with E-state index in [1.54, 1.807) is 43.3 Å². The van der Waals surface area contributed by atoms with Crippen LogP contribution >= 0.6 is 27.5 Å². The Morgan fingerprint density at radius 1 is 1.06 bits per heavy atom. The summed E-state index contributed by atoms with van der Waals surface area (Å²) in [6, 6.07) is 18.4. The summed E-state index contributed by atoms with van der Waals surface area (Å²) in [5.41, 5.74) is 5.16. The van der Waals surface area contributed by atoms with E-state index in [2.05, 4.69) is 26.5 Å². The molecule has 0 atom stereocenters. The molecule has 0 saturated carbocycles. The lowest BCUT2D eigenvalue weighted by Crippen LogP contribution is -2.40. The molecule has 0 aliphatic carbocycles. The van der Waals surface area contributed by atoms with Crippen LogP contribution in [0.2, 0.25) is 5.02 Å². The molecule has 3 aromatic carbocycles. The van der Waals surface area contributed by atoms with Gasteiger partial charge in [0.2, 0.25) is 0 Å². The van der Waals surface area contributed by atoms with Crippen LogP contribution in [0.3, 0.4) is 0 Å². The summed E-state index contributed by atoms with van der Waals surface area (Å²) in [7, 11) is -0.141. The van der Waals surface area contributed by atoms with E-state index in [4.69, 9.17) is 11.6 Å². The minimum Gasteiger partial charge on any atom is -0.377 e. The van der Waals surface area contributed by atoms with Gasteiger partial charge in [0, 0.05) is 23.6 Å². The Hall–Kier alpha value is -2.88. The van der Waals surface area contributed by atoms with Crippen molar-refractivity contribution in [2.24, 2.45) is 5.10 Å². The number of benzene rings is 3. The highest BCUT2D eigenvalue weighted by atomic mass is 79.9. The number of anilines is 2. The molecule has 0 saturated heterocycles. The number of aryl methyl sites for hydroxylation is 1. The second-order valence-electron chi connectivity index (χ2n) is 7.65. The van der Waals surface area contributed by atoms with Crippen LogP contribution in [0.5, 0.6) is 0 Å². The fourth-order valence-corrected chi connectivity index (χ4v) is 5.71. The van der Waals surface area contributed by atoms with Crippen molar-refractivity contribution in [2.75, 3.05) is 29.8 Å². The second-order valence-corrected chi connectivity index (χ2v) is 10.8. The molecule has 0 aliphatic heterocycles. The van der Waals surface area contributed by atoms with Crippen LogP contribution in [0.1, 0.15) is 11.1 Å². The van der Waals surface area contributed by atoms with Gasteiger partial charge in [0.1, 0.15) is 6.54 Å². The van der Waals surface area contributed by atoms with Crippen molar-refractivity contribution in [3.63, 3.8) is 0 Å². The van der Waals surface area contributed by atoms with Gasteiger partial charge in [-0.15, -0.1) is 0 Å². The summed E-state index contributed by atoms with van der Waals surface area (Å²) in [5, 5.41) is 4.46. The van der Waals surface area contributed by atoms with Gasteiger partial charge in [-0.1, -0.05) is 35.9 Å². The Labute approximate surface area is 213 Å². The third-order valence-corrected chi connectivity index (χ3v) is 7.55. The first-order valence-corrected chi connectivity index (χ1v) is 12.8. The number of sulfonamides is 1. The standard InChI is InChI=1S/C24H24BrClN4O3S/c1-17-13-19(26)10-12-22(17)30(34(32,33)20-7-5-4-6-8-20)16-24(31)28-27-15-18-9-11-23(29(2)3)21(25)14-18/h4-15H,16H2,1-3H3,(H,28,31)/b27-15+. The molecular weight excluding hydrogens is 540 g/mol. The van der Waals surface area contributed by atoms with Crippen molar-refractivity contribution in [1.29, 1.82) is 0 Å². The first-order valence-electron chi connectivity index (χ1n) is 10.2. The van der Waals surface area contributed by atoms with Gasteiger partial charge < -0.3 is 4.90 Å². The summed E-state index contributed by atoms with van der Waals surface area (Å²) >= 11 is 9.56. The molecule has 3 aromatic rings. The second kappa shape index (κ2) is 11.0. The first-order chi connectivity index (χ1) is 16.1. The molecule has 1 amide bonds. The smallest absolute Gasteiger partial charge is 0.264 e. The summed E-state index contributed by atoms with van der Waals surface area (Å²) in [6.07, 6.45) is 1.49. The van der Waals surface area contributed by atoms with Crippen LogP contribution in [0.15, 0.2) is 81.2 Å². The zero-order chi connectivity index (χ0) is 24.9. The van der Waals surface area contributed by atoms with Crippen molar-refractivity contribution < 1.29 is 13.2 Å².